The van der Waals surface area contributed by atoms with Crippen LogP contribution in [-0.4, -0.2) is 16.6 Å². The Labute approximate surface area is 129 Å². The van der Waals surface area contributed by atoms with Crippen LogP contribution >= 0.6 is 11.3 Å². The third-order valence-corrected chi connectivity index (χ3v) is 5.48. The molecule has 0 spiro atoms. The van der Waals surface area contributed by atoms with Crippen molar-refractivity contribution in [3.8, 4) is 0 Å². The highest BCUT2D eigenvalue weighted by Gasteiger charge is 2.38. The SMILES string of the molecule is CCOC1(c2nc(N)c3cc(CC)sc3n2)CCCCC1. The number of fused-ring (bicyclic) bond motifs is 1. The number of ether oxygens (including phenoxy) is 1. The van der Waals surface area contributed by atoms with Crippen molar-refractivity contribution in [2.45, 2.75) is 58.0 Å². The lowest BCUT2D eigenvalue weighted by atomic mass is 9.84. The van der Waals surface area contributed by atoms with Crippen LogP contribution in [0.25, 0.3) is 10.2 Å². The van der Waals surface area contributed by atoms with E-state index in [-0.39, 0.29) is 5.60 Å². The fraction of sp³-hybridized carbons (Fsp3) is 0.625. The summed E-state index contributed by atoms with van der Waals surface area (Å²) >= 11 is 1.72. The second kappa shape index (κ2) is 5.89. The number of aryl methyl sites for hydroxylation is 1. The number of rotatable bonds is 4. The zero-order valence-corrected chi connectivity index (χ0v) is 13.6. The summed E-state index contributed by atoms with van der Waals surface area (Å²) < 4.78 is 6.12. The van der Waals surface area contributed by atoms with Crippen molar-refractivity contribution in [2.75, 3.05) is 12.3 Å². The van der Waals surface area contributed by atoms with E-state index in [0.717, 1.165) is 35.3 Å². The standard InChI is InChI=1S/C16H23N3OS/c1-3-11-10-12-13(17)18-15(19-14(12)21-11)16(20-4-2)8-6-5-7-9-16/h10H,3-9H2,1-2H3,(H2,17,18,19). The normalized spacial score (nSPS) is 18.2. The third kappa shape index (κ3) is 2.64. The van der Waals surface area contributed by atoms with E-state index in [2.05, 4.69) is 18.0 Å². The number of nitrogens with two attached hydrogens (primary N) is 1. The van der Waals surface area contributed by atoms with Crippen LogP contribution in [0.2, 0.25) is 0 Å². The Bertz CT molecular complexity index is 626. The quantitative estimate of drug-likeness (QED) is 0.926. The second-order valence-corrected chi connectivity index (χ2v) is 6.82. The summed E-state index contributed by atoms with van der Waals surface area (Å²) in [7, 11) is 0. The van der Waals surface area contributed by atoms with Gasteiger partial charge >= 0.3 is 0 Å². The number of aromatic nitrogens is 2. The van der Waals surface area contributed by atoms with Crippen LogP contribution in [0.4, 0.5) is 5.82 Å². The van der Waals surface area contributed by atoms with E-state index in [1.54, 1.807) is 11.3 Å². The predicted octanol–water partition coefficient (Wildman–Crippen LogP) is 4.03. The van der Waals surface area contributed by atoms with E-state index in [1.807, 2.05) is 6.92 Å². The number of hydrogen-bond acceptors (Lipinski definition) is 5. The lowest BCUT2D eigenvalue weighted by Gasteiger charge is -2.35. The maximum atomic E-state index is 6.19. The molecule has 2 N–H and O–H groups in total. The molecular formula is C16H23N3OS. The van der Waals surface area contributed by atoms with Crippen molar-refractivity contribution in [1.82, 2.24) is 9.97 Å². The minimum absolute atomic E-state index is 0.328. The molecule has 1 fully saturated rings. The van der Waals surface area contributed by atoms with E-state index in [4.69, 9.17) is 15.5 Å². The summed E-state index contributed by atoms with van der Waals surface area (Å²) in [4.78, 5) is 11.7. The molecule has 1 saturated carbocycles. The van der Waals surface area contributed by atoms with Gasteiger partial charge in [-0.3, -0.25) is 0 Å². The minimum atomic E-state index is -0.328. The van der Waals surface area contributed by atoms with Gasteiger partial charge in [-0.25, -0.2) is 9.97 Å². The Morgan fingerprint density at radius 1 is 1.24 bits per heavy atom. The summed E-state index contributed by atoms with van der Waals surface area (Å²) in [6.07, 6.45) is 6.62. The Morgan fingerprint density at radius 3 is 2.67 bits per heavy atom. The fourth-order valence-electron chi connectivity index (χ4n) is 3.20. The molecule has 2 aromatic heterocycles. The molecule has 0 aliphatic heterocycles. The highest BCUT2D eigenvalue weighted by molar-refractivity contribution is 7.18. The molecule has 0 bridgehead atoms. The molecule has 2 aromatic rings. The Morgan fingerprint density at radius 2 is 2.00 bits per heavy atom. The summed E-state index contributed by atoms with van der Waals surface area (Å²) in [6.45, 7) is 4.88. The average Bonchev–Trinajstić information content (AvgIpc) is 2.92. The molecule has 21 heavy (non-hydrogen) atoms. The second-order valence-electron chi connectivity index (χ2n) is 5.71. The van der Waals surface area contributed by atoms with Crippen LogP contribution in [0.1, 0.15) is 56.7 Å². The average molecular weight is 305 g/mol. The molecule has 1 aliphatic rings. The number of anilines is 1. The van der Waals surface area contributed by atoms with Crippen LogP contribution in [-0.2, 0) is 16.8 Å². The molecule has 5 heteroatoms. The van der Waals surface area contributed by atoms with Crippen LogP contribution in [0.15, 0.2) is 6.07 Å². The number of hydrogen-bond donors (Lipinski definition) is 1. The first-order valence-corrected chi connectivity index (χ1v) is 8.70. The van der Waals surface area contributed by atoms with Gasteiger partial charge in [-0.05, 0) is 32.3 Å². The molecule has 2 heterocycles. The van der Waals surface area contributed by atoms with Crippen molar-refractivity contribution in [2.24, 2.45) is 0 Å². The molecule has 0 unspecified atom stereocenters. The Kier molecular flexibility index (Phi) is 4.13. The summed E-state index contributed by atoms with van der Waals surface area (Å²) in [5.41, 5.74) is 5.86. The van der Waals surface area contributed by atoms with Gasteiger partial charge in [0.15, 0.2) is 5.82 Å². The maximum Gasteiger partial charge on any atom is 0.164 e. The minimum Gasteiger partial charge on any atom is -0.383 e. The highest BCUT2D eigenvalue weighted by Crippen LogP contribution is 2.40. The van der Waals surface area contributed by atoms with Crippen molar-refractivity contribution in [3.05, 3.63) is 16.8 Å². The van der Waals surface area contributed by atoms with Crippen molar-refractivity contribution in [3.63, 3.8) is 0 Å². The molecule has 4 nitrogen and oxygen atoms in total. The predicted molar refractivity (Wildman–Crippen MR) is 87.6 cm³/mol. The summed E-state index contributed by atoms with van der Waals surface area (Å²) in [5, 5.41) is 0.989. The first-order chi connectivity index (χ1) is 10.2. The van der Waals surface area contributed by atoms with Crippen molar-refractivity contribution >= 4 is 27.4 Å². The van der Waals surface area contributed by atoms with Gasteiger partial charge in [0, 0.05) is 11.5 Å². The maximum absolute atomic E-state index is 6.19. The summed E-state index contributed by atoms with van der Waals surface area (Å²) in [5.74, 6) is 1.38. The number of nitrogens with zero attached hydrogens (tertiary/aromatic N) is 2. The van der Waals surface area contributed by atoms with Gasteiger partial charge in [0.2, 0.25) is 0 Å². The zero-order chi connectivity index (χ0) is 14.9. The first kappa shape index (κ1) is 14.7. The number of thiophene rings is 1. The smallest absolute Gasteiger partial charge is 0.164 e. The van der Waals surface area contributed by atoms with Crippen LogP contribution < -0.4 is 5.73 Å². The fourth-order valence-corrected chi connectivity index (χ4v) is 4.18. The molecule has 0 amide bonds. The van der Waals surface area contributed by atoms with E-state index in [0.29, 0.717) is 12.4 Å². The molecule has 1 aliphatic carbocycles. The van der Waals surface area contributed by atoms with Gasteiger partial charge in [0.05, 0.1) is 5.39 Å². The molecule has 0 aromatic carbocycles. The van der Waals surface area contributed by atoms with Crippen LogP contribution in [0.5, 0.6) is 0 Å². The lowest BCUT2D eigenvalue weighted by molar-refractivity contribution is -0.0763. The molecule has 3 rings (SSSR count). The highest BCUT2D eigenvalue weighted by atomic mass is 32.1. The molecule has 0 atom stereocenters. The van der Waals surface area contributed by atoms with Gasteiger partial charge in [0.1, 0.15) is 16.2 Å². The van der Waals surface area contributed by atoms with Gasteiger partial charge in [0.25, 0.3) is 0 Å². The topological polar surface area (TPSA) is 61.0 Å². The lowest BCUT2D eigenvalue weighted by Crippen LogP contribution is -2.34. The zero-order valence-electron chi connectivity index (χ0n) is 12.8. The number of nitrogen functional groups attached to an aromatic ring is 1. The Balaban J connectivity index is 2.09. The first-order valence-electron chi connectivity index (χ1n) is 7.89. The Hall–Kier alpha value is -1.20. The monoisotopic (exact) mass is 305 g/mol. The molecule has 0 saturated heterocycles. The van der Waals surface area contributed by atoms with Gasteiger partial charge < -0.3 is 10.5 Å². The summed E-state index contributed by atoms with van der Waals surface area (Å²) in [6, 6.07) is 2.12. The van der Waals surface area contributed by atoms with Crippen molar-refractivity contribution < 1.29 is 4.74 Å². The molecule has 0 radical (unpaired) electrons. The van der Waals surface area contributed by atoms with Gasteiger partial charge in [-0.1, -0.05) is 26.2 Å². The van der Waals surface area contributed by atoms with E-state index in [1.165, 1.54) is 24.1 Å². The molecule has 114 valence electrons. The van der Waals surface area contributed by atoms with E-state index in [9.17, 15) is 0 Å². The molecular weight excluding hydrogens is 282 g/mol. The van der Waals surface area contributed by atoms with E-state index >= 15 is 0 Å². The van der Waals surface area contributed by atoms with Gasteiger partial charge in [-0.2, -0.15) is 0 Å². The largest absolute Gasteiger partial charge is 0.383 e. The van der Waals surface area contributed by atoms with E-state index < -0.39 is 0 Å². The van der Waals surface area contributed by atoms with Crippen LogP contribution in [0.3, 0.4) is 0 Å². The third-order valence-electron chi connectivity index (χ3n) is 4.31. The van der Waals surface area contributed by atoms with Gasteiger partial charge in [-0.15, -0.1) is 11.3 Å². The van der Waals surface area contributed by atoms with Crippen LogP contribution in [0, 0.1) is 0 Å². The van der Waals surface area contributed by atoms with Crippen molar-refractivity contribution in [1.29, 1.82) is 0 Å².